The van der Waals surface area contributed by atoms with Crippen LogP contribution >= 0.6 is 0 Å². The number of Topliss-reactive ketones (excluding diaryl/α,β-unsaturated/α-hetero) is 2. The van der Waals surface area contributed by atoms with E-state index in [2.05, 4.69) is 0 Å². The van der Waals surface area contributed by atoms with Crippen molar-refractivity contribution in [3.8, 4) is 5.75 Å². The zero-order valence-electron chi connectivity index (χ0n) is 23.1. The summed E-state index contributed by atoms with van der Waals surface area (Å²) in [7, 11) is 6.75. The first-order valence-corrected chi connectivity index (χ1v) is 13.0. The highest BCUT2D eigenvalue weighted by Crippen LogP contribution is 2.53. The third-order valence-electron chi connectivity index (χ3n) is 8.52. The monoisotopic (exact) mass is 564 g/mol. The number of aromatic nitrogens is 1. The Morgan fingerprint density at radius 1 is 1.20 bits per heavy atom. The van der Waals surface area contributed by atoms with Crippen LogP contribution < -0.4 is 10.6 Å². The predicted molar refractivity (Wildman–Crippen MR) is 147 cm³/mol. The second-order valence-corrected chi connectivity index (χ2v) is 11.3. The molecule has 3 aliphatic carbocycles. The number of nitrogens with two attached hydrogens (primary N) is 1. The molecule has 12 nitrogen and oxygen atoms in total. The summed E-state index contributed by atoms with van der Waals surface area (Å²) in [5.74, 6) is -6.89. The number of rotatable bonds is 6. The zero-order chi connectivity index (χ0) is 30.1. The number of aldehydes is 1. The normalized spacial score (nSPS) is 25.7. The number of likely N-dealkylation sites (N-methyl/N-ethyl adjacent to an activating group) is 1. The van der Waals surface area contributed by atoms with Gasteiger partial charge in [-0.05, 0) is 50.6 Å². The standard InChI is InChI=1S/C29H32N4O8/c1-31(2)18-9-15(11-33-6-5-13(10-33)12-34)23(35)20-16(18)7-14-8-17-22(32(3)4)25(37)21(28(30)40)27(39)29(17,41)26(38)19(14)24(20)36/h5-6,9-10,12,14,17,22,35,37-38,41H,7-8,11H2,1-4H3,(H2,30,40). The van der Waals surface area contributed by atoms with E-state index in [1.54, 1.807) is 62.2 Å². The van der Waals surface area contributed by atoms with Crippen LogP contribution in [0, 0.1) is 11.8 Å². The molecule has 0 bridgehead atoms. The van der Waals surface area contributed by atoms with Gasteiger partial charge in [0.1, 0.15) is 22.8 Å². The minimum absolute atomic E-state index is 0.0129. The fourth-order valence-corrected chi connectivity index (χ4v) is 6.70. The summed E-state index contributed by atoms with van der Waals surface area (Å²) in [5.41, 5.74) is 3.58. The van der Waals surface area contributed by atoms with E-state index in [9.17, 15) is 39.6 Å². The van der Waals surface area contributed by atoms with Gasteiger partial charge in [0.2, 0.25) is 5.78 Å². The summed E-state index contributed by atoms with van der Waals surface area (Å²) < 4.78 is 1.68. The fraction of sp³-hybridized carbons (Fsp3) is 0.379. The van der Waals surface area contributed by atoms with E-state index in [4.69, 9.17) is 5.73 Å². The lowest BCUT2D eigenvalue weighted by Crippen LogP contribution is -2.63. The summed E-state index contributed by atoms with van der Waals surface area (Å²) in [6.07, 6.45) is 4.16. The lowest BCUT2D eigenvalue weighted by Gasteiger charge is -2.50. The maximum absolute atomic E-state index is 14.1. The van der Waals surface area contributed by atoms with Crippen molar-refractivity contribution in [2.75, 3.05) is 33.1 Å². The zero-order valence-corrected chi connectivity index (χ0v) is 23.1. The molecule has 1 aromatic carbocycles. The molecule has 6 N–H and O–H groups in total. The van der Waals surface area contributed by atoms with Crippen LogP contribution in [0.1, 0.15) is 38.3 Å². The molecule has 1 aromatic heterocycles. The van der Waals surface area contributed by atoms with Crippen LogP contribution in [0.2, 0.25) is 0 Å². The number of nitrogens with zero attached hydrogens (tertiary/aromatic N) is 3. The van der Waals surface area contributed by atoms with Gasteiger partial charge in [-0.2, -0.15) is 0 Å². The topological polar surface area (TPSA) is 187 Å². The Balaban J connectivity index is 1.70. The number of aliphatic hydroxyl groups is 3. The number of amides is 1. The Morgan fingerprint density at radius 2 is 1.88 bits per heavy atom. The van der Waals surface area contributed by atoms with Crippen LogP contribution in [0.3, 0.4) is 0 Å². The predicted octanol–water partition coefficient (Wildman–Crippen LogP) is 0.849. The Hall–Kier alpha value is -4.42. The third-order valence-corrected chi connectivity index (χ3v) is 8.52. The van der Waals surface area contributed by atoms with Crippen LogP contribution in [0.15, 0.2) is 47.2 Å². The summed E-state index contributed by atoms with van der Waals surface area (Å²) in [5, 5.41) is 45.5. The number of fused-ring (bicyclic) bond motifs is 3. The van der Waals surface area contributed by atoms with Crippen LogP contribution in [0.4, 0.5) is 5.69 Å². The number of anilines is 1. The van der Waals surface area contributed by atoms with Crippen LogP contribution in [-0.4, -0.2) is 93.5 Å². The summed E-state index contributed by atoms with van der Waals surface area (Å²) in [6.45, 7) is 0.136. The van der Waals surface area contributed by atoms with Crippen molar-refractivity contribution in [2.45, 2.75) is 31.0 Å². The lowest BCUT2D eigenvalue weighted by molar-refractivity contribution is -0.148. The molecule has 0 saturated carbocycles. The number of primary amides is 1. The van der Waals surface area contributed by atoms with Crippen molar-refractivity contribution >= 4 is 29.4 Å². The van der Waals surface area contributed by atoms with E-state index < -0.39 is 58.0 Å². The summed E-state index contributed by atoms with van der Waals surface area (Å²) in [6, 6.07) is 2.32. The van der Waals surface area contributed by atoms with Gasteiger partial charge >= 0.3 is 0 Å². The Kier molecular flexibility index (Phi) is 6.58. The first kappa shape index (κ1) is 28.1. The molecule has 5 rings (SSSR count). The molecule has 4 unspecified atom stereocenters. The van der Waals surface area contributed by atoms with E-state index in [0.717, 1.165) is 0 Å². The minimum Gasteiger partial charge on any atom is -0.510 e. The Bertz CT molecular complexity index is 1580. The SMILES string of the molecule is CN(C)c1cc(Cn2ccc(C=O)c2)c(O)c2c1CC1CC3C(N(C)C)C(O)=C(C(N)=O)C(=O)C3(O)C(O)=C1C2=O. The van der Waals surface area contributed by atoms with Gasteiger partial charge in [0.05, 0.1) is 18.2 Å². The minimum atomic E-state index is -2.70. The number of hydrogen-bond acceptors (Lipinski definition) is 10. The molecule has 0 spiro atoms. The number of hydrogen-bond donors (Lipinski definition) is 5. The van der Waals surface area contributed by atoms with E-state index >= 15 is 0 Å². The molecular weight excluding hydrogens is 532 g/mol. The number of ketones is 2. The molecule has 0 radical (unpaired) electrons. The average Bonchev–Trinajstić information content (AvgIpc) is 3.34. The van der Waals surface area contributed by atoms with Gasteiger partial charge in [0.25, 0.3) is 5.91 Å². The maximum Gasteiger partial charge on any atom is 0.255 e. The van der Waals surface area contributed by atoms with Gasteiger partial charge in [0.15, 0.2) is 17.7 Å². The Labute approximate surface area is 235 Å². The van der Waals surface area contributed by atoms with E-state index in [-0.39, 0.29) is 36.3 Å². The van der Waals surface area contributed by atoms with Crippen LogP contribution in [-0.2, 0) is 22.6 Å². The molecule has 0 saturated heterocycles. The number of allylic oxidation sites excluding steroid dienone is 1. The van der Waals surface area contributed by atoms with Gasteiger partial charge in [-0.1, -0.05) is 0 Å². The quantitative estimate of drug-likeness (QED) is 0.249. The molecule has 216 valence electrons. The number of phenolic OH excluding ortho intramolecular Hbond substituents is 1. The third kappa shape index (κ3) is 3.97. The number of carbonyl (C=O) groups is 4. The Morgan fingerprint density at radius 3 is 2.44 bits per heavy atom. The van der Waals surface area contributed by atoms with Crippen molar-refractivity contribution in [1.29, 1.82) is 0 Å². The number of aromatic hydroxyl groups is 1. The molecule has 1 amide bonds. The van der Waals surface area contributed by atoms with Gasteiger partial charge < -0.3 is 35.6 Å². The maximum atomic E-state index is 14.1. The molecule has 2 aromatic rings. The molecule has 41 heavy (non-hydrogen) atoms. The van der Waals surface area contributed by atoms with Crippen LogP contribution in [0.25, 0.3) is 0 Å². The van der Waals surface area contributed by atoms with Crippen molar-refractivity contribution in [3.05, 3.63) is 69.4 Å². The number of benzene rings is 1. The number of phenols is 1. The lowest BCUT2D eigenvalue weighted by atomic mass is 9.58. The van der Waals surface area contributed by atoms with Crippen molar-refractivity contribution in [3.63, 3.8) is 0 Å². The second-order valence-electron chi connectivity index (χ2n) is 11.3. The fourth-order valence-electron chi connectivity index (χ4n) is 6.70. The second kappa shape index (κ2) is 9.60. The summed E-state index contributed by atoms with van der Waals surface area (Å²) >= 11 is 0. The number of aliphatic hydroxyl groups excluding tert-OH is 2. The first-order chi connectivity index (χ1) is 19.2. The van der Waals surface area contributed by atoms with Crippen molar-refractivity contribution < 1.29 is 39.6 Å². The molecule has 4 atom stereocenters. The van der Waals surface area contributed by atoms with Crippen molar-refractivity contribution in [1.82, 2.24) is 9.47 Å². The van der Waals surface area contributed by atoms with Crippen molar-refractivity contribution in [2.24, 2.45) is 17.6 Å². The van der Waals surface area contributed by atoms with Gasteiger partial charge in [-0.25, -0.2) is 0 Å². The number of carbonyl (C=O) groups excluding carboxylic acids is 4. The van der Waals surface area contributed by atoms with Gasteiger partial charge in [0, 0.05) is 54.8 Å². The van der Waals surface area contributed by atoms with Gasteiger partial charge in [-0.15, -0.1) is 0 Å². The van der Waals surface area contributed by atoms with Gasteiger partial charge in [-0.3, -0.25) is 24.1 Å². The molecule has 0 fully saturated rings. The highest BCUT2D eigenvalue weighted by molar-refractivity contribution is 6.25. The van der Waals surface area contributed by atoms with Crippen LogP contribution in [0.5, 0.6) is 5.75 Å². The smallest absolute Gasteiger partial charge is 0.255 e. The average molecular weight is 565 g/mol. The highest BCUT2D eigenvalue weighted by Gasteiger charge is 2.63. The highest BCUT2D eigenvalue weighted by atomic mass is 16.3. The first-order valence-electron chi connectivity index (χ1n) is 13.0. The molecule has 0 aliphatic heterocycles. The summed E-state index contributed by atoms with van der Waals surface area (Å²) in [4.78, 5) is 54.2. The molecular formula is C29H32N4O8. The molecule has 12 heteroatoms. The molecule has 3 aliphatic rings. The van der Waals surface area contributed by atoms with E-state index in [1.807, 2.05) is 0 Å². The van der Waals surface area contributed by atoms with E-state index in [1.165, 1.54) is 4.90 Å². The van der Waals surface area contributed by atoms with E-state index in [0.29, 0.717) is 28.7 Å². The molecule has 1 heterocycles. The largest absolute Gasteiger partial charge is 0.510 e.